The van der Waals surface area contributed by atoms with E-state index in [1.54, 1.807) is 0 Å². The molecule has 0 aliphatic carbocycles. The van der Waals surface area contributed by atoms with Crippen LogP contribution in [0.3, 0.4) is 0 Å². The molecule has 0 bridgehead atoms. The molecule has 94 valence electrons. The highest BCUT2D eigenvalue weighted by atomic mass is 16.2. The summed E-state index contributed by atoms with van der Waals surface area (Å²) in [5.41, 5.74) is 7.83. The number of aryl methyl sites for hydroxylation is 1. The highest BCUT2D eigenvalue weighted by Crippen LogP contribution is 2.12. The number of rotatable bonds is 5. The molecule has 0 aliphatic rings. The Labute approximate surface area is 104 Å². The molecular formula is C14H22N2O. The van der Waals surface area contributed by atoms with Crippen LogP contribution in [0, 0.1) is 6.92 Å². The highest BCUT2D eigenvalue weighted by Gasteiger charge is 2.17. The molecule has 0 fully saturated rings. The predicted octanol–water partition coefficient (Wildman–Crippen LogP) is 2.08. The van der Waals surface area contributed by atoms with Gasteiger partial charge in [-0.25, -0.2) is 0 Å². The monoisotopic (exact) mass is 234 g/mol. The molecule has 3 nitrogen and oxygen atoms in total. The Morgan fingerprint density at radius 3 is 2.71 bits per heavy atom. The molecule has 0 heterocycles. The first kappa shape index (κ1) is 13.7. The average molecular weight is 234 g/mol. The van der Waals surface area contributed by atoms with Crippen molar-refractivity contribution in [1.82, 2.24) is 4.90 Å². The number of carbonyl (C=O) groups is 1. The zero-order valence-corrected chi connectivity index (χ0v) is 10.9. The van der Waals surface area contributed by atoms with Gasteiger partial charge in [-0.1, -0.05) is 36.8 Å². The average Bonchev–Trinajstić information content (AvgIpc) is 2.34. The zero-order valence-electron chi connectivity index (χ0n) is 10.9. The molecule has 2 N–H and O–H groups in total. The highest BCUT2D eigenvalue weighted by molar-refractivity contribution is 5.78. The maximum absolute atomic E-state index is 11.8. The third-order valence-electron chi connectivity index (χ3n) is 3.05. The summed E-state index contributed by atoms with van der Waals surface area (Å²) in [5, 5.41) is 0. The number of hydrogen-bond acceptors (Lipinski definition) is 2. The van der Waals surface area contributed by atoms with Gasteiger partial charge >= 0.3 is 0 Å². The van der Waals surface area contributed by atoms with Crippen molar-refractivity contribution in [2.45, 2.75) is 39.8 Å². The van der Waals surface area contributed by atoms with Crippen molar-refractivity contribution in [2.75, 3.05) is 6.54 Å². The van der Waals surface area contributed by atoms with E-state index in [2.05, 4.69) is 32.9 Å². The number of nitrogens with zero attached hydrogens (tertiary/aromatic N) is 1. The molecule has 0 aliphatic heterocycles. The SMILES string of the molecule is CCC(C)N(Cc1cccc(C)c1)C(=O)CN. The van der Waals surface area contributed by atoms with Gasteiger partial charge in [0.1, 0.15) is 0 Å². The molecule has 1 atom stereocenters. The molecular weight excluding hydrogens is 212 g/mol. The van der Waals surface area contributed by atoms with Crippen LogP contribution in [0.25, 0.3) is 0 Å². The van der Waals surface area contributed by atoms with E-state index in [1.165, 1.54) is 5.56 Å². The van der Waals surface area contributed by atoms with Crippen LogP contribution in [0.1, 0.15) is 31.4 Å². The van der Waals surface area contributed by atoms with Gasteiger partial charge in [0.15, 0.2) is 0 Å². The first-order valence-electron chi connectivity index (χ1n) is 6.13. The van der Waals surface area contributed by atoms with Gasteiger partial charge in [-0.3, -0.25) is 4.79 Å². The van der Waals surface area contributed by atoms with Crippen LogP contribution in [-0.2, 0) is 11.3 Å². The molecule has 1 rings (SSSR count). The van der Waals surface area contributed by atoms with Gasteiger partial charge in [-0.15, -0.1) is 0 Å². The quantitative estimate of drug-likeness (QED) is 0.848. The third kappa shape index (κ3) is 3.86. The second-order valence-electron chi connectivity index (χ2n) is 4.47. The fraction of sp³-hybridized carbons (Fsp3) is 0.500. The van der Waals surface area contributed by atoms with Crippen LogP contribution < -0.4 is 5.73 Å². The van der Waals surface area contributed by atoms with E-state index < -0.39 is 0 Å². The van der Waals surface area contributed by atoms with E-state index in [1.807, 2.05) is 17.0 Å². The molecule has 0 spiro atoms. The van der Waals surface area contributed by atoms with Crippen molar-refractivity contribution in [3.05, 3.63) is 35.4 Å². The van der Waals surface area contributed by atoms with E-state index >= 15 is 0 Å². The maximum Gasteiger partial charge on any atom is 0.236 e. The lowest BCUT2D eigenvalue weighted by Crippen LogP contribution is -2.41. The Bertz CT molecular complexity index is 376. The minimum atomic E-state index is 0.0147. The van der Waals surface area contributed by atoms with Crippen molar-refractivity contribution < 1.29 is 4.79 Å². The second-order valence-corrected chi connectivity index (χ2v) is 4.47. The van der Waals surface area contributed by atoms with Crippen LogP contribution in [0.2, 0.25) is 0 Å². The van der Waals surface area contributed by atoms with E-state index in [0.717, 1.165) is 12.0 Å². The van der Waals surface area contributed by atoms with Crippen LogP contribution >= 0.6 is 0 Å². The minimum absolute atomic E-state index is 0.0147. The molecule has 17 heavy (non-hydrogen) atoms. The van der Waals surface area contributed by atoms with Crippen LogP contribution in [0.5, 0.6) is 0 Å². The fourth-order valence-electron chi connectivity index (χ4n) is 1.83. The van der Waals surface area contributed by atoms with Gasteiger partial charge in [0.2, 0.25) is 5.91 Å². The molecule has 0 saturated carbocycles. The van der Waals surface area contributed by atoms with Gasteiger partial charge in [0, 0.05) is 12.6 Å². The summed E-state index contributed by atoms with van der Waals surface area (Å²) in [6.07, 6.45) is 0.942. The number of hydrogen-bond donors (Lipinski definition) is 1. The van der Waals surface area contributed by atoms with E-state index in [0.29, 0.717) is 6.54 Å². The van der Waals surface area contributed by atoms with Gasteiger partial charge in [0.25, 0.3) is 0 Å². The normalized spacial score (nSPS) is 12.2. The molecule has 0 radical (unpaired) electrons. The topological polar surface area (TPSA) is 46.3 Å². The van der Waals surface area contributed by atoms with E-state index in [-0.39, 0.29) is 18.5 Å². The van der Waals surface area contributed by atoms with Crippen molar-refractivity contribution in [3.8, 4) is 0 Å². The van der Waals surface area contributed by atoms with Crippen molar-refractivity contribution in [2.24, 2.45) is 5.73 Å². The van der Waals surface area contributed by atoms with E-state index in [9.17, 15) is 4.79 Å². The standard InChI is InChI=1S/C14H22N2O/c1-4-12(3)16(14(17)9-15)10-13-7-5-6-11(2)8-13/h5-8,12H,4,9-10,15H2,1-3H3. The summed E-state index contributed by atoms with van der Waals surface area (Å²) in [7, 11) is 0. The number of benzene rings is 1. The summed E-state index contributed by atoms with van der Waals surface area (Å²) >= 11 is 0. The molecule has 3 heteroatoms. The smallest absolute Gasteiger partial charge is 0.236 e. The summed E-state index contributed by atoms with van der Waals surface area (Å²) in [6.45, 7) is 6.92. The fourth-order valence-corrected chi connectivity index (χ4v) is 1.83. The van der Waals surface area contributed by atoms with Gasteiger partial charge < -0.3 is 10.6 Å². The Kier molecular flexibility index (Phi) is 5.16. The second kappa shape index (κ2) is 6.40. The summed E-state index contributed by atoms with van der Waals surface area (Å²) in [5.74, 6) is 0.0147. The van der Waals surface area contributed by atoms with Crippen molar-refractivity contribution in [1.29, 1.82) is 0 Å². The molecule has 1 aromatic carbocycles. The first-order chi connectivity index (χ1) is 8.08. The lowest BCUT2D eigenvalue weighted by Gasteiger charge is -2.28. The van der Waals surface area contributed by atoms with Crippen molar-refractivity contribution >= 4 is 5.91 Å². The maximum atomic E-state index is 11.8. The molecule has 1 aromatic rings. The summed E-state index contributed by atoms with van der Waals surface area (Å²) < 4.78 is 0. The summed E-state index contributed by atoms with van der Waals surface area (Å²) in [6, 6.07) is 8.46. The minimum Gasteiger partial charge on any atom is -0.335 e. The summed E-state index contributed by atoms with van der Waals surface area (Å²) in [4.78, 5) is 13.7. The third-order valence-corrected chi connectivity index (χ3v) is 3.05. The zero-order chi connectivity index (χ0) is 12.8. The molecule has 0 saturated heterocycles. The first-order valence-corrected chi connectivity index (χ1v) is 6.13. The lowest BCUT2D eigenvalue weighted by molar-refractivity contribution is -0.132. The van der Waals surface area contributed by atoms with Crippen molar-refractivity contribution in [3.63, 3.8) is 0 Å². The Morgan fingerprint density at radius 2 is 2.18 bits per heavy atom. The largest absolute Gasteiger partial charge is 0.335 e. The number of amides is 1. The molecule has 1 unspecified atom stereocenters. The van der Waals surface area contributed by atoms with Crippen LogP contribution in [0.15, 0.2) is 24.3 Å². The van der Waals surface area contributed by atoms with Gasteiger partial charge in [-0.2, -0.15) is 0 Å². The Balaban J connectivity index is 2.82. The molecule has 1 amide bonds. The lowest BCUT2D eigenvalue weighted by atomic mass is 10.1. The Morgan fingerprint density at radius 1 is 1.47 bits per heavy atom. The number of nitrogens with two attached hydrogens (primary N) is 1. The van der Waals surface area contributed by atoms with Gasteiger partial charge in [-0.05, 0) is 25.8 Å². The van der Waals surface area contributed by atoms with E-state index in [4.69, 9.17) is 5.73 Å². The molecule has 0 aromatic heterocycles. The Hall–Kier alpha value is -1.35. The van der Waals surface area contributed by atoms with Gasteiger partial charge in [0.05, 0.1) is 6.54 Å². The van der Waals surface area contributed by atoms with Crippen LogP contribution in [0.4, 0.5) is 0 Å². The van der Waals surface area contributed by atoms with Crippen LogP contribution in [-0.4, -0.2) is 23.4 Å². The predicted molar refractivity (Wildman–Crippen MR) is 70.5 cm³/mol. The number of carbonyl (C=O) groups excluding carboxylic acids is 1.